The molecule has 1 aliphatic heterocycles. The molecule has 7 nitrogen and oxygen atoms in total. The number of hydrogen-bond donors (Lipinski definition) is 2. The van der Waals surface area contributed by atoms with Gasteiger partial charge in [-0.15, -0.1) is 0 Å². The Labute approximate surface area is 127 Å². The van der Waals surface area contributed by atoms with Crippen molar-refractivity contribution in [1.82, 2.24) is 5.32 Å². The average molecular weight is 306 g/mol. The summed E-state index contributed by atoms with van der Waals surface area (Å²) in [4.78, 5) is 36.1. The summed E-state index contributed by atoms with van der Waals surface area (Å²) >= 11 is 0. The molecule has 1 aliphatic rings. The van der Waals surface area contributed by atoms with Crippen LogP contribution in [0.15, 0.2) is 18.2 Å². The van der Waals surface area contributed by atoms with Crippen molar-refractivity contribution in [3.63, 3.8) is 0 Å². The topological polar surface area (TPSA) is 95.9 Å². The zero-order chi connectivity index (χ0) is 16.1. The molecule has 2 amide bonds. The number of unbranched alkanes of at least 4 members (excludes halogenated alkanes) is 1. The molecule has 0 fully saturated rings. The fourth-order valence-corrected chi connectivity index (χ4v) is 2.11. The van der Waals surface area contributed by atoms with Crippen LogP contribution in [0.5, 0.6) is 5.75 Å². The SMILES string of the molecule is CCCCNC(=O)CN1C(=O)COc2cc(C(=O)O)ccc21. The number of nitrogens with zero attached hydrogens (tertiary/aromatic N) is 1. The van der Waals surface area contributed by atoms with E-state index in [2.05, 4.69) is 5.32 Å². The number of rotatable bonds is 6. The number of carboxylic acid groups (broad SMARTS) is 1. The molecule has 1 aromatic rings. The lowest BCUT2D eigenvalue weighted by atomic mass is 10.1. The van der Waals surface area contributed by atoms with Crippen LogP contribution in [0.2, 0.25) is 0 Å². The zero-order valence-corrected chi connectivity index (χ0v) is 12.3. The van der Waals surface area contributed by atoms with E-state index in [1.165, 1.54) is 23.1 Å². The molecule has 2 N–H and O–H groups in total. The molecule has 0 radical (unpaired) electrons. The Balaban J connectivity index is 2.14. The average Bonchev–Trinajstić information content (AvgIpc) is 2.50. The number of benzene rings is 1. The van der Waals surface area contributed by atoms with Crippen molar-refractivity contribution in [2.45, 2.75) is 19.8 Å². The first-order valence-corrected chi connectivity index (χ1v) is 7.10. The summed E-state index contributed by atoms with van der Waals surface area (Å²) in [6.45, 7) is 2.27. The van der Waals surface area contributed by atoms with Crippen LogP contribution in [0, 0.1) is 0 Å². The molecule has 0 atom stereocenters. The van der Waals surface area contributed by atoms with Crippen LogP contribution in [0.25, 0.3) is 0 Å². The van der Waals surface area contributed by atoms with Gasteiger partial charge in [0.15, 0.2) is 6.61 Å². The summed E-state index contributed by atoms with van der Waals surface area (Å²) in [5.41, 5.74) is 0.479. The molecule has 0 bridgehead atoms. The molecule has 2 rings (SSSR count). The maximum Gasteiger partial charge on any atom is 0.335 e. The highest BCUT2D eigenvalue weighted by molar-refractivity contribution is 6.02. The summed E-state index contributed by atoms with van der Waals surface area (Å²) < 4.78 is 5.25. The first kappa shape index (κ1) is 15.8. The molecular formula is C15H18N2O5. The summed E-state index contributed by atoms with van der Waals surface area (Å²) in [6, 6.07) is 4.21. The van der Waals surface area contributed by atoms with E-state index in [0.717, 1.165) is 12.8 Å². The van der Waals surface area contributed by atoms with Crippen LogP contribution in [-0.2, 0) is 9.59 Å². The second-order valence-electron chi connectivity index (χ2n) is 4.96. The number of carboxylic acids is 1. The number of aromatic carboxylic acids is 1. The zero-order valence-electron chi connectivity index (χ0n) is 12.3. The van der Waals surface area contributed by atoms with Gasteiger partial charge in [-0.3, -0.25) is 14.5 Å². The normalized spacial score (nSPS) is 13.3. The minimum Gasteiger partial charge on any atom is -0.482 e. The van der Waals surface area contributed by atoms with E-state index >= 15 is 0 Å². The fourth-order valence-electron chi connectivity index (χ4n) is 2.11. The lowest BCUT2D eigenvalue weighted by molar-refractivity contribution is -0.125. The summed E-state index contributed by atoms with van der Waals surface area (Å²) in [7, 11) is 0. The van der Waals surface area contributed by atoms with Gasteiger partial charge in [-0.25, -0.2) is 4.79 Å². The fraction of sp³-hybridized carbons (Fsp3) is 0.400. The van der Waals surface area contributed by atoms with Crippen molar-refractivity contribution in [2.75, 3.05) is 24.6 Å². The maximum atomic E-state index is 11.9. The van der Waals surface area contributed by atoms with Gasteiger partial charge in [-0.1, -0.05) is 13.3 Å². The molecule has 22 heavy (non-hydrogen) atoms. The van der Waals surface area contributed by atoms with E-state index in [1.54, 1.807) is 0 Å². The first-order valence-electron chi connectivity index (χ1n) is 7.10. The molecule has 0 saturated carbocycles. The lowest BCUT2D eigenvalue weighted by Crippen LogP contribution is -2.45. The minimum atomic E-state index is -1.08. The Morgan fingerprint density at radius 2 is 2.18 bits per heavy atom. The van der Waals surface area contributed by atoms with Gasteiger partial charge in [0.05, 0.1) is 11.3 Å². The van der Waals surface area contributed by atoms with Gasteiger partial charge in [-0.2, -0.15) is 0 Å². The lowest BCUT2D eigenvalue weighted by Gasteiger charge is -2.29. The third-order valence-corrected chi connectivity index (χ3v) is 3.30. The standard InChI is InChI=1S/C15H18N2O5/c1-2-3-6-16-13(18)8-17-11-5-4-10(15(20)21)7-12(11)22-9-14(17)19/h4-5,7H,2-3,6,8-9H2,1H3,(H,16,18)(H,20,21). The molecule has 7 heteroatoms. The van der Waals surface area contributed by atoms with Gasteiger partial charge in [0.25, 0.3) is 5.91 Å². The number of amides is 2. The molecule has 1 heterocycles. The molecule has 0 unspecified atom stereocenters. The number of carbonyl (C=O) groups is 3. The quantitative estimate of drug-likeness (QED) is 0.765. The molecule has 0 aromatic heterocycles. The number of nitrogens with one attached hydrogen (secondary N) is 1. The van der Waals surface area contributed by atoms with Crippen molar-refractivity contribution in [3.8, 4) is 5.75 Å². The molecule has 118 valence electrons. The maximum absolute atomic E-state index is 11.9. The summed E-state index contributed by atoms with van der Waals surface area (Å²) in [5.74, 6) is -1.37. The smallest absolute Gasteiger partial charge is 0.335 e. The Hall–Kier alpha value is -2.57. The second kappa shape index (κ2) is 6.93. The highest BCUT2D eigenvalue weighted by Crippen LogP contribution is 2.32. The van der Waals surface area contributed by atoms with Crippen LogP contribution in [0.1, 0.15) is 30.1 Å². The van der Waals surface area contributed by atoms with Crippen LogP contribution < -0.4 is 15.0 Å². The van der Waals surface area contributed by atoms with Crippen molar-refractivity contribution in [2.24, 2.45) is 0 Å². The predicted octanol–water partition coefficient (Wildman–Crippen LogP) is 1.03. The highest BCUT2D eigenvalue weighted by atomic mass is 16.5. The van der Waals surface area contributed by atoms with Crippen molar-refractivity contribution < 1.29 is 24.2 Å². The molecule has 0 spiro atoms. The Bertz CT molecular complexity index is 600. The largest absolute Gasteiger partial charge is 0.482 e. The molecule has 1 aromatic carbocycles. The first-order chi connectivity index (χ1) is 10.5. The Morgan fingerprint density at radius 3 is 2.86 bits per heavy atom. The van der Waals surface area contributed by atoms with Crippen LogP contribution >= 0.6 is 0 Å². The summed E-state index contributed by atoms with van der Waals surface area (Å²) in [6.07, 6.45) is 1.85. The van der Waals surface area contributed by atoms with E-state index in [4.69, 9.17) is 9.84 Å². The Morgan fingerprint density at radius 1 is 1.41 bits per heavy atom. The molecular weight excluding hydrogens is 288 g/mol. The van der Waals surface area contributed by atoms with E-state index < -0.39 is 5.97 Å². The van der Waals surface area contributed by atoms with Gasteiger partial charge in [-0.05, 0) is 24.6 Å². The minimum absolute atomic E-state index is 0.0699. The summed E-state index contributed by atoms with van der Waals surface area (Å²) in [5, 5.41) is 11.7. The van der Waals surface area contributed by atoms with Crippen molar-refractivity contribution >= 4 is 23.5 Å². The highest BCUT2D eigenvalue weighted by Gasteiger charge is 2.27. The molecule has 0 aliphatic carbocycles. The van der Waals surface area contributed by atoms with Crippen LogP contribution in [0.3, 0.4) is 0 Å². The Kier molecular flexibility index (Phi) is 4.98. The van der Waals surface area contributed by atoms with E-state index in [9.17, 15) is 14.4 Å². The molecule has 0 saturated heterocycles. The van der Waals surface area contributed by atoms with Crippen molar-refractivity contribution in [3.05, 3.63) is 23.8 Å². The number of fused-ring (bicyclic) bond motifs is 1. The van der Waals surface area contributed by atoms with E-state index in [-0.39, 0.29) is 30.5 Å². The van der Waals surface area contributed by atoms with Gasteiger partial charge in [0.1, 0.15) is 12.3 Å². The van der Waals surface area contributed by atoms with Crippen LogP contribution in [-0.4, -0.2) is 42.6 Å². The van der Waals surface area contributed by atoms with Crippen molar-refractivity contribution in [1.29, 1.82) is 0 Å². The number of ether oxygens (including phenoxy) is 1. The number of hydrogen-bond acceptors (Lipinski definition) is 4. The van der Waals surface area contributed by atoms with Gasteiger partial charge >= 0.3 is 5.97 Å². The third kappa shape index (κ3) is 3.55. The predicted molar refractivity (Wildman–Crippen MR) is 79.2 cm³/mol. The van der Waals surface area contributed by atoms with Gasteiger partial charge < -0.3 is 15.2 Å². The van der Waals surface area contributed by atoms with E-state index in [1.807, 2.05) is 6.92 Å². The van der Waals surface area contributed by atoms with Gasteiger partial charge in [0, 0.05) is 6.54 Å². The number of anilines is 1. The van der Waals surface area contributed by atoms with E-state index in [0.29, 0.717) is 18.0 Å². The van der Waals surface area contributed by atoms with Crippen LogP contribution in [0.4, 0.5) is 5.69 Å². The third-order valence-electron chi connectivity index (χ3n) is 3.30. The van der Waals surface area contributed by atoms with Gasteiger partial charge in [0.2, 0.25) is 5.91 Å². The second-order valence-corrected chi connectivity index (χ2v) is 4.96. The number of carbonyl (C=O) groups excluding carboxylic acids is 2. The monoisotopic (exact) mass is 306 g/mol.